The van der Waals surface area contributed by atoms with Crippen LogP contribution in [0.3, 0.4) is 0 Å². The van der Waals surface area contributed by atoms with Gasteiger partial charge in [0.05, 0.1) is 25.4 Å². The van der Waals surface area contributed by atoms with E-state index in [-0.39, 0.29) is 35.4 Å². The molecular weight excluding hydrogens is 568 g/mol. The van der Waals surface area contributed by atoms with Crippen LogP contribution in [0.2, 0.25) is 18.1 Å². The topological polar surface area (TPSA) is 63.2 Å². The third kappa shape index (κ3) is 8.60. The van der Waals surface area contributed by atoms with E-state index in [2.05, 4.69) is 46.0 Å². The molecule has 0 aliphatic carbocycles. The Balaban J connectivity index is 1.38. The third-order valence-electron chi connectivity index (χ3n) is 9.20. The van der Waals surface area contributed by atoms with Gasteiger partial charge in [-0.3, -0.25) is 0 Å². The number of hydrogen-bond donors (Lipinski definition) is 0. The van der Waals surface area contributed by atoms with Gasteiger partial charge in [-0.05, 0) is 60.2 Å². The second-order valence-electron chi connectivity index (χ2n) is 13.7. The van der Waals surface area contributed by atoms with Gasteiger partial charge in [0.25, 0.3) is 0 Å². The van der Waals surface area contributed by atoms with Crippen molar-refractivity contribution in [2.75, 3.05) is 6.61 Å². The van der Waals surface area contributed by atoms with Crippen molar-refractivity contribution in [3.8, 4) is 5.75 Å². The number of cyclic esters (lactones) is 1. The number of ether oxygens (including phenoxy) is 4. The Morgan fingerprint density at radius 1 is 0.818 bits per heavy atom. The van der Waals surface area contributed by atoms with Gasteiger partial charge in [0.1, 0.15) is 24.0 Å². The van der Waals surface area contributed by atoms with Crippen molar-refractivity contribution in [2.24, 2.45) is 0 Å². The van der Waals surface area contributed by atoms with Gasteiger partial charge in [0, 0.05) is 18.9 Å². The summed E-state index contributed by atoms with van der Waals surface area (Å²) in [5.41, 5.74) is 3.54. The molecule has 5 rings (SSSR count). The number of carbonyl (C=O) groups excluding carboxylic acids is 1. The molecule has 3 aromatic carbocycles. The molecule has 2 aliphatic heterocycles. The highest BCUT2D eigenvalue weighted by atomic mass is 28.4. The Bertz CT molecular complexity index is 1350. The summed E-state index contributed by atoms with van der Waals surface area (Å²) in [7, 11) is -1.98. The number of esters is 1. The molecule has 0 saturated carbocycles. The summed E-state index contributed by atoms with van der Waals surface area (Å²) in [6.45, 7) is 12.8. The molecule has 1 fully saturated rings. The van der Waals surface area contributed by atoms with Crippen LogP contribution in [0.4, 0.5) is 0 Å². The molecule has 3 aromatic rings. The molecule has 0 aromatic heterocycles. The van der Waals surface area contributed by atoms with Crippen LogP contribution in [0.1, 0.15) is 73.5 Å². The summed E-state index contributed by atoms with van der Waals surface area (Å²) in [6.07, 6.45) is 3.02. The van der Waals surface area contributed by atoms with Gasteiger partial charge in [-0.15, -0.1) is 0 Å². The van der Waals surface area contributed by atoms with Gasteiger partial charge < -0.3 is 23.4 Å². The van der Waals surface area contributed by atoms with E-state index in [1.54, 1.807) is 0 Å². The lowest BCUT2D eigenvalue weighted by Gasteiger charge is -2.44. The summed E-state index contributed by atoms with van der Waals surface area (Å²) < 4.78 is 32.2. The minimum atomic E-state index is -1.98. The van der Waals surface area contributed by atoms with E-state index in [4.69, 9.17) is 23.4 Å². The summed E-state index contributed by atoms with van der Waals surface area (Å²) in [5.74, 6) is 0.197. The molecule has 236 valence electrons. The average Bonchev–Trinajstić information content (AvgIpc) is 2.98. The van der Waals surface area contributed by atoms with E-state index in [9.17, 15) is 4.79 Å². The summed E-state index contributed by atoms with van der Waals surface area (Å²) in [4.78, 5) is 13.9. The standard InChI is InChI=1S/C37H48O6Si/c1-37(2,3)44(4,5)43-33-23-31-21-29-17-12-18-34(40-26-28-15-10-7-11-16-28)35(29)36(38)42-30(22-32(24-33)41-31)19-20-39-25-27-13-8-6-9-14-27/h6-18,30-33H,19-26H2,1-5H3/t30-,31-,32-,33-/m0/s1. The second kappa shape index (κ2) is 14.4. The summed E-state index contributed by atoms with van der Waals surface area (Å²) in [5, 5.41) is 0.119. The zero-order chi connectivity index (χ0) is 31.2. The molecule has 2 bridgehead atoms. The number of rotatable bonds is 10. The zero-order valence-corrected chi connectivity index (χ0v) is 27.9. The Kier molecular flexibility index (Phi) is 10.6. The molecule has 0 radical (unpaired) electrons. The number of hydrogen-bond acceptors (Lipinski definition) is 6. The molecule has 6 nitrogen and oxygen atoms in total. The maximum Gasteiger partial charge on any atom is 0.342 e. The zero-order valence-electron chi connectivity index (χ0n) is 26.9. The molecule has 7 heteroatoms. The van der Waals surface area contributed by atoms with Crippen molar-refractivity contribution in [1.82, 2.24) is 0 Å². The SMILES string of the molecule is CC(C)(C)[Si](C)(C)O[C@H]1C[C@@H]2Cc3cccc(OCc4ccccc4)c3C(=O)O[C@@H](CCOCc3ccccc3)C[C@@H](C1)O2. The maximum absolute atomic E-state index is 13.9. The quantitative estimate of drug-likeness (QED) is 0.130. The lowest BCUT2D eigenvalue weighted by atomic mass is 9.91. The van der Waals surface area contributed by atoms with Crippen molar-refractivity contribution in [3.63, 3.8) is 0 Å². The van der Waals surface area contributed by atoms with Crippen LogP contribution in [0.5, 0.6) is 5.75 Å². The highest BCUT2D eigenvalue weighted by molar-refractivity contribution is 6.74. The first-order valence-corrected chi connectivity index (χ1v) is 18.9. The minimum Gasteiger partial charge on any atom is -0.488 e. The third-order valence-corrected chi connectivity index (χ3v) is 13.7. The van der Waals surface area contributed by atoms with Crippen LogP contribution in [-0.2, 0) is 38.3 Å². The molecule has 2 heterocycles. The molecule has 44 heavy (non-hydrogen) atoms. The van der Waals surface area contributed by atoms with Gasteiger partial charge in [-0.2, -0.15) is 0 Å². The van der Waals surface area contributed by atoms with Gasteiger partial charge >= 0.3 is 5.97 Å². The van der Waals surface area contributed by atoms with Gasteiger partial charge in [0.15, 0.2) is 8.32 Å². The highest BCUT2D eigenvalue weighted by Crippen LogP contribution is 2.40. The van der Waals surface area contributed by atoms with Gasteiger partial charge in [-0.25, -0.2) is 4.79 Å². The molecular formula is C37H48O6Si. The van der Waals surface area contributed by atoms with E-state index in [1.165, 1.54) is 0 Å². The predicted molar refractivity (Wildman–Crippen MR) is 175 cm³/mol. The smallest absolute Gasteiger partial charge is 0.342 e. The van der Waals surface area contributed by atoms with E-state index in [0.29, 0.717) is 50.4 Å². The Morgan fingerprint density at radius 2 is 1.48 bits per heavy atom. The fourth-order valence-electron chi connectivity index (χ4n) is 5.83. The monoisotopic (exact) mass is 616 g/mol. The van der Waals surface area contributed by atoms with Crippen molar-refractivity contribution < 1.29 is 28.2 Å². The fraction of sp³-hybridized carbons (Fsp3) is 0.486. The van der Waals surface area contributed by atoms with Gasteiger partial charge in [-0.1, -0.05) is 93.6 Å². The first-order valence-electron chi connectivity index (χ1n) is 16.0. The van der Waals surface area contributed by atoms with E-state index < -0.39 is 8.32 Å². The van der Waals surface area contributed by atoms with E-state index >= 15 is 0 Å². The second-order valence-corrected chi connectivity index (χ2v) is 18.5. The van der Waals surface area contributed by atoms with Crippen LogP contribution < -0.4 is 4.74 Å². The largest absolute Gasteiger partial charge is 0.488 e. The van der Waals surface area contributed by atoms with Crippen LogP contribution in [-0.4, -0.2) is 45.3 Å². The molecule has 2 aliphatic rings. The van der Waals surface area contributed by atoms with E-state index in [1.807, 2.05) is 66.7 Å². The van der Waals surface area contributed by atoms with E-state index in [0.717, 1.165) is 29.5 Å². The van der Waals surface area contributed by atoms with Crippen LogP contribution in [0.15, 0.2) is 78.9 Å². The molecule has 0 N–H and O–H groups in total. The average molecular weight is 617 g/mol. The maximum atomic E-state index is 13.9. The van der Waals surface area contributed by atoms with Crippen molar-refractivity contribution in [3.05, 3.63) is 101 Å². The molecule has 0 amide bonds. The predicted octanol–water partition coefficient (Wildman–Crippen LogP) is 8.28. The minimum absolute atomic E-state index is 0.0606. The molecule has 0 unspecified atom stereocenters. The van der Waals surface area contributed by atoms with Crippen molar-refractivity contribution in [1.29, 1.82) is 0 Å². The Morgan fingerprint density at radius 3 is 2.16 bits per heavy atom. The molecule has 1 saturated heterocycles. The van der Waals surface area contributed by atoms with Crippen LogP contribution in [0, 0.1) is 0 Å². The first-order chi connectivity index (χ1) is 21.1. The Labute approximate surface area is 264 Å². The number of carbonyl (C=O) groups is 1. The summed E-state index contributed by atoms with van der Waals surface area (Å²) in [6, 6.07) is 25.9. The van der Waals surface area contributed by atoms with Crippen molar-refractivity contribution >= 4 is 14.3 Å². The number of benzene rings is 3. The van der Waals surface area contributed by atoms with Crippen LogP contribution >= 0.6 is 0 Å². The normalized spacial score (nSPS) is 22.5. The van der Waals surface area contributed by atoms with Crippen LogP contribution in [0.25, 0.3) is 0 Å². The fourth-order valence-corrected chi connectivity index (χ4v) is 7.20. The molecule has 4 atom stereocenters. The highest BCUT2D eigenvalue weighted by Gasteiger charge is 2.42. The Hall–Kier alpha value is -2.97. The van der Waals surface area contributed by atoms with Crippen molar-refractivity contribution in [2.45, 2.75) is 109 Å². The summed E-state index contributed by atoms with van der Waals surface area (Å²) >= 11 is 0. The van der Waals surface area contributed by atoms with Gasteiger partial charge in [0.2, 0.25) is 0 Å². The lowest BCUT2D eigenvalue weighted by molar-refractivity contribution is -0.108. The molecule has 0 spiro atoms. The lowest BCUT2D eigenvalue weighted by Crippen LogP contribution is -2.48. The first kappa shape index (κ1) is 32.4. The number of fused-ring (bicyclic) bond motifs is 3.